The minimum Gasteiger partial charge on any atom is -0.300 e. The predicted octanol–water partition coefficient (Wildman–Crippen LogP) is 3.56. The molecule has 0 radical (unpaired) electrons. The SMILES string of the molecule is C(=Cc1ccccc1)CN1CCN(CCc2ccccc2)CC1. The molecule has 1 aliphatic heterocycles. The van der Waals surface area contributed by atoms with Gasteiger partial charge in [-0.1, -0.05) is 72.8 Å². The maximum atomic E-state index is 2.59. The van der Waals surface area contributed by atoms with Crippen LogP contribution in [0.3, 0.4) is 0 Å². The van der Waals surface area contributed by atoms with Gasteiger partial charge in [0.2, 0.25) is 0 Å². The summed E-state index contributed by atoms with van der Waals surface area (Å²) in [4.78, 5) is 5.13. The highest BCUT2D eigenvalue weighted by Crippen LogP contribution is 2.06. The first kappa shape index (κ1) is 16.0. The number of piperazine rings is 1. The predicted molar refractivity (Wildman–Crippen MR) is 98.5 cm³/mol. The van der Waals surface area contributed by atoms with Crippen LogP contribution in [0.5, 0.6) is 0 Å². The molecule has 0 bridgehead atoms. The topological polar surface area (TPSA) is 6.48 Å². The van der Waals surface area contributed by atoms with E-state index in [0.717, 1.165) is 13.0 Å². The van der Waals surface area contributed by atoms with E-state index in [1.807, 2.05) is 0 Å². The Labute approximate surface area is 140 Å². The van der Waals surface area contributed by atoms with Crippen LogP contribution in [0.25, 0.3) is 6.08 Å². The van der Waals surface area contributed by atoms with Gasteiger partial charge in [0.15, 0.2) is 0 Å². The van der Waals surface area contributed by atoms with Crippen LogP contribution in [-0.2, 0) is 6.42 Å². The number of benzene rings is 2. The highest BCUT2D eigenvalue weighted by Gasteiger charge is 2.15. The van der Waals surface area contributed by atoms with Crippen LogP contribution in [0.1, 0.15) is 11.1 Å². The van der Waals surface area contributed by atoms with Gasteiger partial charge in [-0.2, -0.15) is 0 Å². The fourth-order valence-electron chi connectivity index (χ4n) is 3.03. The lowest BCUT2D eigenvalue weighted by molar-refractivity contribution is 0.144. The van der Waals surface area contributed by atoms with Crippen LogP contribution < -0.4 is 0 Å². The van der Waals surface area contributed by atoms with E-state index in [-0.39, 0.29) is 0 Å². The summed E-state index contributed by atoms with van der Waals surface area (Å²) < 4.78 is 0. The lowest BCUT2D eigenvalue weighted by Gasteiger charge is -2.34. The van der Waals surface area contributed by atoms with Gasteiger partial charge in [-0.15, -0.1) is 0 Å². The molecule has 0 spiro atoms. The smallest absolute Gasteiger partial charge is 0.0167 e. The fourth-order valence-corrected chi connectivity index (χ4v) is 3.03. The van der Waals surface area contributed by atoms with Crippen molar-refractivity contribution in [1.29, 1.82) is 0 Å². The first-order chi connectivity index (χ1) is 11.4. The summed E-state index contributed by atoms with van der Waals surface area (Å²) in [6.07, 6.45) is 5.67. The van der Waals surface area contributed by atoms with E-state index >= 15 is 0 Å². The molecule has 1 heterocycles. The molecular formula is C21H26N2. The maximum absolute atomic E-state index is 2.59. The molecule has 3 rings (SSSR count). The molecule has 2 nitrogen and oxygen atoms in total. The van der Waals surface area contributed by atoms with Gasteiger partial charge in [0.1, 0.15) is 0 Å². The monoisotopic (exact) mass is 306 g/mol. The van der Waals surface area contributed by atoms with Crippen molar-refractivity contribution in [3.05, 3.63) is 77.9 Å². The minimum atomic E-state index is 1.06. The van der Waals surface area contributed by atoms with E-state index < -0.39 is 0 Å². The fraction of sp³-hybridized carbons (Fsp3) is 0.333. The summed E-state index contributed by atoms with van der Waals surface area (Å²) in [7, 11) is 0. The first-order valence-electron chi connectivity index (χ1n) is 8.60. The van der Waals surface area contributed by atoms with Gasteiger partial charge in [0.05, 0.1) is 0 Å². The van der Waals surface area contributed by atoms with Crippen LogP contribution in [0.4, 0.5) is 0 Å². The first-order valence-corrected chi connectivity index (χ1v) is 8.60. The van der Waals surface area contributed by atoms with E-state index in [1.165, 1.54) is 43.9 Å². The second kappa shape index (κ2) is 8.66. The zero-order chi connectivity index (χ0) is 15.7. The van der Waals surface area contributed by atoms with Gasteiger partial charge in [-0.25, -0.2) is 0 Å². The summed E-state index contributed by atoms with van der Waals surface area (Å²) in [6, 6.07) is 21.3. The molecule has 0 unspecified atom stereocenters. The standard InChI is InChI=1S/C21H26N2/c1-3-8-20(9-4-1)12-7-14-22-16-18-23(19-17-22)15-13-21-10-5-2-6-11-21/h1-12H,13-19H2. The quantitative estimate of drug-likeness (QED) is 0.805. The highest BCUT2D eigenvalue weighted by atomic mass is 15.3. The molecule has 1 saturated heterocycles. The Bertz CT molecular complexity index is 584. The molecule has 1 aliphatic rings. The van der Waals surface area contributed by atoms with Gasteiger partial charge in [-0.05, 0) is 17.5 Å². The Kier molecular flexibility index (Phi) is 6.01. The molecule has 0 saturated carbocycles. The molecule has 23 heavy (non-hydrogen) atoms. The molecule has 2 aromatic carbocycles. The molecule has 2 heteroatoms. The third-order valence-corrected chi connectivity index (χ3v) is 4.50. The largest absolute Gasteiger partial charge is 0.300 e. The Morgan fingerprint density at radius 1 is 0.739 bits per heavy atom. The average molecular weight is 306 g/mol. The lowest BCUT2D eigenvalue weighted by atomic mass is 10.1. The van der Waals surface area contributed by atoms with Crippen LogP contribution >= 0.6 is 0 Å². The number of hydrogen-bond donors (Lipinski definition) is 0. The summed E-state index contributed by atoms with van der Waals surface area (Å²) in [5, 5.41) is 0. The molecule has 1 fully saturated rings. The average Bonchev–Trinajstić information content (AvgIpc) is 2.63. The van der Waals surface area contributed by atoms with Crippen molar-refractivity contribution in [3.63, 3.8) is 0 Å². The van der Waals surface area contributed by atoms with E-state index in [1.54, 1.807) is 0 Å². The third-order valence-electron chi connectivity index (χ3n) is 4.50. The van der Waals surface area contributed by atoms with Crippen LogP contribution in [-0.4, -0.2) is 49.1 Å². The van der Waals surface area contributed by atoms with E-state index in [0.29, 0.717) is 0 Å². The summed E-state index contributed by atoms with van der Waals surface area (Å²) in [5.74, 6) is 0. The van der Waals surface area contributed by atoms with Crippen molar-refractivity contribution in [1.82, 2.24) is 9.80 Å². The molecule has 0 atom stereocenters. The van der Waals surface area contributed by atoms with Gasteiger partial charge >= 0.3 is 0 Å². The van der Waals surface area contributed by atoms with Crippen molar-refractivity contribution in [2.75, 3.05) is 39.3 Å². The van der Waals surface area contributed by atoms with Crippen molar-refractivity contribution in [2.24, 2.45) is 0 Å². The van der Waals surface area contributed by atoms with Gasteiger partial charge < -0.3 is 4.90 Å². The number of hydrogen-bond acceptors (Lipinski definition) is 2. The zero-order valence-electron chi connectivity index (χ0n) is 13.8. The number of nitrogens with zero attached hydrogens (tertiary/aromatic N) is 2. The molecule has 2 aromatic rings. The summed E-state index contributed by atoms with van der Waals surface area (Å²) >= 11 is 0. The van der Waals surface area contributed by atoms with Gasteiger partial charge in [0.25, 0.3) is 0 Å². The Hall–Kier alpha value is -1.90. The van der Waals surface area contributed by atoms with Crippen LogP contribution in [0.15, 0.2) is 66.7 Å². The van der Waals surface area contributed by atoms with E-state index in [4.69, 9.17) is 0 Å². The van der Waals surface area contributed by atoms with Gasteiger partial charge in [-0.3, -0.25) is 4.90 Å². The zero-order valence-corrected chi connectivity index (χ0v) is 13.8. The number of rotatable bonds is 6. The molecule has 0 aromatic heterocycles. The normalized spacial score (nSPS) is 16.9. The Morgan fingerprint density at radius 2 is 1.35 bits per heavy atom. The summed E-state index contributed by atoms with van der Waals surface area (Å²) in [6.45, 7) is 6.96. The lowest BCUT2D eigenvalue weighted by Crippen LogP contribution is -2.46. The minimum absolute atomic E-state index is 1.06. The van der Waals surface area contributed by atoms with Gasteiger partial charge in [0, 0.05) is 39.3 Å². The van der Waals surface area contributed by atoms with E-state index in [9.17, 15) is 0 Å². The molecule has 0 N–H and O–H groups in total. The third kappa shape index (κ3) is 5.34. The van der Waals surface area contributed by atoms with Crippen LogP contribution in [0.2, 0.25) is 0 Å². The van der Waals surface area contributed by atoms with E-state index in [2.05, 4.69) is 82.6 Å². The van der Waals surface area contributed by atoms with Crippen molar-refractivity contribution in [2.45, 2.75) is 6.42 Å². The second-order valence-electron chi connectivity index (χ2n) is 6.19. The molecule has 0 amide bonds. The van der Waals surface area contributed by atoms with Crippen molar-refractivity contribution >= 4 is 6.08 Å². The van der Waals surface area contributed by atoms with Crippen molar-refractivity contribution in [3.8, 4) is 0 Å². The molecule has 0 aliphatic carbocycles. The highest BCUT2D eigenvalue weighted by molar-refractivity contribution is 5.48. The maximum Gasteiger partial charge on any atom is 0.0167 e. The van der Waals surface area contributed by atoms with Crippen molar-refractivity contribution < 1.29 is 0 Å². The molecular weight excluding hydrogens is 280 g/mol. The Morgan fingerprint density at radius 3 is 2.04 bits per heavy atom. The Balaban J connectivity index is 1.36. The molecule has 120 valence electrons. The van der Waals surface area contributed by atoms with Crippen LogP contribution in [0, 0.1) is 0 Å². The summed E-state index contributed by atoms with van der Waals surface area (Å²) in [5.41, 5.74) is 2.73. The second-order valence-corrected chi connectivity index (χ2v) is 6.19.